The molecule has 152 valence electrons. The SMILES string of the molecule is CC(=O)Nc1ccc(F)c(NC(=O)NC(C)c2ccc(NC(=O)C3CC3)cc2)c1. The predicted octanol–water partition coefficient (Wildman–Crippen LogP) is 4.02. The average molecular weight is 398 g/mol. The molecular weight excluding hydrogens is 375 g/mol. The van der Waals surface area contributed by atoms with Crippen LogP contribution in [0.3, 0.4) is 0 Å². The molecule has 0 bridgehead atoms. The van der Waals surface area contributed by atoms with E-state index in [1.165, 1.54) is 25.1 Å². The standard InChI is InChI=1S/C21H23FN4O3/c1-12(14-5-7-16(8-6-14)25-20(28)15-3-4-15)23-21(29)26-19-11-17(24-13(2)27)9-10-18(19)22/h5-12,15H,3-4H2,1-2H3,(H,24,27)(H,25,28)(H2,23,26,29). The molecule has 1 aliphatic carbocycles. The number of benzene rings is 2. The smallest absolute Gasteiger partial charge is 0.319 e. The molecule has 3 rings (SSSR count). The minimum absolute atomic E-state index is 0.0341. The van der Waals surface area contributed by atoms with Crippen molar-refractivity contribution in [2.75, 3.05) is 16.0 Å². The Balaban J connectivity index is 1.57. The maximum atomic E-state index is 13.9. The summed E-state index contributed by atoms with van der Waals surface area (Å²) in [6, 6.07) is 10.2. The predicted molar refractivity (Wildman–Crippen MR) is 109 cm³/mol. The van der Waals surface area contributed by atoms with Crippen molar-refractivity contribution >= 4 is 34.9 Å². The van der Waals surface area contributed by atoms with Crippen molar-refractivity contribution in [3.8, 4) is 0 Å². The van der Waals surface area contributed by atoms with E-state index in [-0.39, 0.29) is 29.5 Å². The number of hydrogen-bond acceptors (Lipinski definition) is 3. The molecule has 0 spiro atoms. The van der Waals surface area contributed by atoms with E-state index in [2.05, 4.69) is 21.3 Å². The molecule has 29 heavy (non-hydrogen) atoms. The van der Waals surface area contributed by atoms with Crippen molar-refractivity contribution in [1.29, 1.82) is 0 Å². The van der Waals surface area contributed by atoms with Crippen LogP contribution in [0.4, 0.5) is 26.2 Å². The van der Waals surface area contributed by atoms with Gasteiger partial charge in [0.2, 0.25) is 11.8 Å². The second-order valence-corrected chi connectivity index (χ2v) is 7.08. The van der Waals surface area contributed by atoms with E-state index in [9.17, 15) is 18.8 Å². The monoisotopic (exact) mass is 398 g/mol. The molecule has 0 heterocycles. The van der Waals surface area contributed by atoms with E-state index in [1.54, 1.807) is 19.1 Å². The highest BCUT2D eigenvalue weighted by Gasteiger charge is 2.29. The molecule has 2 aromatic carbocycles. The summed E-state index contributed by atoms with van der Waals surface area (Å²) >= 11 is 0. The molecule has 2 aromatic rings. The number of rotatable bonds is 6. The first kappa shape index (κ1) is 20.3. The molecule has 1 unspecified atom stereocenters. The fraction of sp³-hybridized carbons (Fsp3) is 0.286. The first-order chi connectivity index (χ1) is 13.8. The van der Waals surface area contributed by atoms with Crippen molar-refractivity contribution in [3.63, 3.8) is 0 Å². The van der Waals surface area contributed by atoms with Gasteiger partial charge in [0.25, 0.3) is 0 Å². The lowest BCUT2D eigenvalue weighted by atomic mass is 10.1. The highest BCUT2D eigenvalue weighted by Crippen LogP contribution is 2.30. The zero-order chi connectivity index (χ0) is 21.0. The number of amides is 4. The Bertz CT molecular complexity index is 926. The van der Waals surface area contributed by atoms with Crippen molar-refractivity contribution in [3.05, 3.63) is 53.8 Å². The highest BCUT2D eigenvalue weighted by atomic mass is 19.1. The van der Waals surface area contributed by atoms with Crippen LogP contribution >= 0.6 is 0 Å². The lowest BCUT2D eigenvalue weighted by molar-refractivity contribution is -0.117. The van der Waals surface area contributed by atoms with Crippen LogP contribution in [0.2, 0.25) is 0 Å². The summed E-state index contributed by atoms with van der Waals surface area (Å²) in [6.45, 7) is 3.13. The van der Waals surface area contributed by atoms with E-state index >= 15 is 0 Å². The van der Waals surface area contributed by atoms with Crippen molar-refractivity contribution in [2.24, 2.45) is 5.92 Å². The minimum Gasteiger partial charge on any atom is -0.331 e. The van der Waals surface area contributed by atoms with Gasteiger partial charge in [-0.25, -0.2) is 9.18 Å². The Morgan fingerprint density at radius 1 is 0.966 bits per heavy atom. The number of carbonyl (C=O) groups excluding carboxylic acids is 3. The van der Waals surface area contributed by atoms with Crippen LogP contribution in [0.15, 0.2) is 42.5 Å². The zero-order valence-electron chi connectivity index (χ0n) is 16.2. The lowest BCUT2D eigenvalue weighted by Crippen LogP contribution is -2.31. The Morgan fingerprint density at radius 2 is 1.62 bits per heavy atom. The van der Waals surface area contributed by atoms with Gasteiger partial charge in [0.1, 0.15) is 5.82 Å². The van der Waals surface area contributed by atoms with Crippen LogP contribution < -0.4 is 21.3 Å². The van der Waals surface area contributed by atoms with E-state index in [0.29, 0.717) is 11.4 Å². The first-order valence-corrected chi connectivity index (χ1v) is 9.37. The van der Waals surface area contributed by atoms with Gasteiger partial charge >= 0.3 is 6.03 Å². The largest absolute Gasteiger partial charge is 0.331 e. The van der Waals surface area contributed by atoms with Crippen LogP contribution in [-0.2, 0) is 9.59 Å². The van der Waals surface area contributed by atoms with E-state index in [1.807, 2.05) is 12.1 Å². The summed E-state index contributed by atoms with van der Waals surface area (Å²) in [7, 11) is 0. The summed E-state index contributed by atoms with van der Waals surface area (Å²) in [4.78, 5) is 35.2. The van der Waals surface area contributed by atoms with Crippen molar-refractivity contribution in [2.45, 2.75) is 32.7 Å². The summed E-state index contributed by atoms with van der Waals surface area (Å²) in [6.07, 6.45) is 1.88. The van der Waals surface area contributed by atoms with Gasteiger partial charge in [0.05, 0.1) is 11.7 Å². The van der Waals surface area contributed by atoms with Gasteiger partial charge in [-0.05, 0) is 55.7 Å². The van der Waals surface area contributed by atoms with Crippen LogP contribution in [0.5, 0.6) is 0 Å². The zero-order valence-corrected chi connectivity index (χ0v) is 16.2. The Kier molecular flexibility index (Phi) is 6.11. The van der Waals surface area contributed by atoms with Gasteiger partial charge in [-0.3, -0.25) is 9.59 Å². The third-order valence-corrected chi connectivity index (χ3v) is 4.51. The number of carbonyl (C=O) groups is 3. The number of halogens is 1. The quantitative estimate of drug-likeness (QED) is 0.591. The van der Waals surface area contributed by atoms with E-state index < -0.39 is 11.8 Å². The summed E-state index contributed by atoms with van der Waals surface area (Å²) in [5.41, 5.74) is 1.88. The topological polar surface area (TPSA) is 99.3 Å². The number of anilines is 3. The molecule has 4 N–H and O–H groups in total. The van der Waals surface area contributed by atoms with Gasteiger partial charge in [0, 0.05) is 24.2 Å². The lowest BCUT2D eigenvalue weighted by Gasteiger charge is -2.16. The Hall–Kier alpha value is -3.42. The maximum Gasteiger partial charge on any atom is 0.319 e. The number of urea groups is 1. The highest BCUT2D eigenvalue weighted by molar-refractivity contribution is 5.94. The fourth-order valence-electron chi connectivity index (χ4n) is 2.79. The molecule has 1 atom stereocenters. The molecule has 8 heteroatoms. The normalized spacial score (nSPS) is 13.9. The third kappa shape index (κ3) is 5.78. The van der Waals surface area contributed by atoms with Crippen LogP contribution in [0.1, 0.15) is 38.3 Å². The molecule has 1 aliphatic rings. The van der Waals surface area contributed by atoms with Crippen LogP contribution in [0, 0.1) is 11.7 Å². The summed E-state index contributed by atoms with van der Waals surface area (Å²) < 4.78 is 13.9. The molecule has 4 amide bonds. The molecule has 0 aliphatic heterocycles. The fourth-order valence-corrected chi connectivity index (χ4v) is 2.79. The molecule has 0 saturated heterocycles. The van der Waals surface area contributed by atoms with Gasteiger partial charge in [-0.15, -0.1) is 0 Å². The van der Waals surface area contributed by atoms with Gasteiger partial charge in [-0.2, -0.15) is 0 Å². The first-order valence-electron chi connectivity index (χ1n) is 9.37. The van der Waals surface area contributed by atoms with E-state index in [4.69, 9.17) is 0 Å². The van der Waals surface area contributed by atoms with Crippen LogP contribution in [0.25, 0.3) is 0 Å². The van der Waals surface area contributed by atoms with Gasteiger partial charge < -0.3 is 21.3 Å². The van der Waals surface area contributed by atoms with Gasteiger partial charge in [-0.1, -0.05) is 12.1 Å². The second kappa shape index (κ2) is 8.72. The number of hydrogen-bond donors (Lipinski definition) is 4. The molecule has 1 saturated carbocycles. The molecule has 0 radical (unpaired) electrons. The Labute approximate surface area is 168 Å². The van der Waals surface area contributed by atoms with Crippen LogP contribution in [-0.4, -0.2) is 17.8 Å². The third-order valence-electron chi connectivity index (χ3n) is 4.51. The van der Waals surface area contributed by atoms with Crippen molar-refractivity contribution < 1.29 is 18.8 Å². The summed E-state index contributed by atoms with van der Waals surface area (Å²) in [5.74, 6) is -0.745. The Morgan fingerprint density at radius 3 is 2.24 bits per heavy atom. The van der Waals surface area contributed by atoms with E-state index in [0.717, 1.165) is 18.4 Å². The molecule has 0 aromatic heterocycles. The van der Waals surface area contributed by atoms with Gasteiger partial charge in [0.15, 0.2) is 0 Å². The number of nitrogens with one attached hydrogen (secondary N) is 4. The average Bonchev–Trinajstić information content (AvgIpc) is 3.50. The summed E-state index contributed by atoms with van der Waals surface area (Å²) in [5, 5.41) is 10.6. The molecular formula is C21H23FN4O3. The molecule has 7 nitrogen and oxygen atoms in total. The minimum atomic E-state index is -0.613. The molecule has 1 fully saturated rings. The maximum absolute atomic E-state index is 13.9. The van der Waals surface area contributed by atoms with Crippen molar-refractivity contribution in [1.82, 2.24) is 5.32 Å². The second-order valence-electron chi connectivity index (χ2n) is 7.08.